The summed E-state index contributed by atoms with van der Waals surface area (Å²) in [5, 5.41) is 10.2. The first-order valence-electron chi connectivity index (χ1n) is 6.41. The summed E-state index contributed by atoms with van der Waals surface area (Å²) in [6, 6.07) is 5.27. The van der Waals surface area contributed by atoms with Crippen molar-refractivity contribution in [2.75, 3.05) is 7.11 Å². The van der Waals surface area contributed by atoms with Crippen LogP contribution in [-0.4, -0.2) is 12.2 Å². The standard InChI is InChI=1S/C10H14O2/c1-10(2,11)8-4-6-9(12-3)7-5-8/h4-7,11H,1-3H3/i1D3,2D3. The van der Waals surface area contributed by atoms with Crippen LogP contribution in [0, 0.1) is 0 Å². The highest BCUT2D eigenvalue weighted by Gasteiger charge is 2.14. The minimum Gasteiger partial charge on any atom is -0.497 e. The van der Waals surface area contributed by atoms with E-state index in [-0.39, 0.29) is 5.56 Å². The summed E-state index contributed by atoms with van der Waals surface area (Å²) in [6.45, 7) is -6.13. The zero-order valence-electron chi connectivity index (χ0n) is 12.7. The molecule has 1 aromatic rings. The topological polar surface area (TPSA) is 29.5 Å². The van der Waals surface area contributed by atoms with Crippen molar-refractivity contribution in [3.63, 3.8) is 0 Å². The van der Waals surface area contributed by atoms with E-state index in [0.29, 0.717) is 5.75 Å². The molecule has 0 aliphatic heterocycles. The smallest absolute Gasteiger partial charge is 0.118 e. The lowest BCUT2D eigenvalue weighted by molar-refractivity contribution is 0.0785. The lowest BCUT2D eigenvalue weighted by atomic mass is 9.99. The summed E-state index contributed by atoms with van der Waals surface area (Å²) < 4.78 is 48.5. The fraction of sp³-hybridized carbons (Fsp3) is 0.400. The number of rotatable bonds is 2. The van der Waals surface area contributed by atoms with Gasteiger partial charge in [-0.2, -0.15) is 0 Å². The van der Waals surface area contributed by atoms with Gasteiger partial charge in [0.2, 0.25) is 0 Å². The van der Waals surface area contributed by atoms with Crippen LogP contribution in [0.3, 0.4) is 0 Å². The first-order chi connectivity index (χ1) is 8.04. The van der Waals surface area contributed by atoms with Crippen molar-refractivity contribution in [1.29, 1.82) is 0 Å². The first-order valence-corrected chi connectivity index (χ1v) is 3.41. The molecule has 0 unspecified atom stereocenters. The van der Waals surface area contributed by atoms with Gasteiger partial charge in [-0.15, -0.1) is 0 Å². The second-order valence-electron chi connectivity index (χ2n) is 2.44. The van der Waals surface area contributed by atoms with E-state index in [1.807, 2.05) is 0 Å². The van der Waals surface area contributed by atoms with E-state index in [1.165, 1.54) is 31.4 Å². The Morgan fingerprint density at radius 3 is 2.33 bits per heavy atom. The second kappa shape index (κ2) is 3.15. The number of hydrogen-bond acceptors (Lipinski definition) is 2. The Labute approximate surface area is 81.2 Å². The molecule has 0 atom stereocenters. The van der Waals surface area contributed by atoms with E-state index in [0.717, 1.165) is 0 Å². The van der Waals surface area contributed by atoms with Crippen molar-refractivity contribution in [1.82, 2.24) is 0 Å². The Morgan fingerprint density at radius 2 is 1.92 bits per heavy atom. The molecule has 0 fully saturated rings. The van der Waals surface area contributed by atoms with Crippen molar-refractivity contribution >= 4 is 0 Å². The Bertz CT molecular complexity index is 392. The molecule has 0 bridgehead atoms. The Kier molecular flexibility index (Phi) is 0.996. The summed E-state index contributed by atoms with van der Waals surface area (Å²) >= 11 is 0. The minimum atomic E-state index is -3.06. The lowest BCUT2D eigenvalue weighted by Crippen LogP contribution is -2.14. The van der Waals surface area contributed by atoms with Gasteiger partial charge in [-0.25, -0.2) is 0 Å². The maximum absolute atomic E-state index is 10.2. The van der Waals surface area contributed by atoms with Gasteiger partial charge in [0.05, 0.1) is 12.7 Å². The number of methoxy groups -OCH3 is 1. The zero-order valence-corrected chi connectivity index (χ0v) is 6.66. The van der Waals surface area contributed by atoms with Crippen LogP contribution >= 0.6 is 0 Å². The monoisotopic (exact) mass is 172 g/mol. The van der Waals surface area contributed by atoms with Crippen LogP contribution in [-0.2, 0) is 5.60 Å². The highest BCUT2D eigenvalue weighted by molar-refractivity contribution is 5.29. The number of ether oxygens (including phenoxy) is 1. The van der Waals surface area contributed by atoms with Crippen molar-refractivity contribution < 1.29 is 18.1 Å². The van der Waals surface area contributed by atoms with Crippen molar-refractivity contribution in [3.8, 4) is 5.75 Å². The van der Waals surface area contributed by atoms with Gasteiger partial charge in [0.15, 0.2) is 0 Å². The number of benzene rings is 1. The molecule has 0 spiro atoms. The van der Waals surface area contributed by atoms with Crippen LogP contribution in [0.4, 0.5) is 0 Å². The fourth-order valence-corrected chi connectivity index (χ4v) is 0.832. The molecule has 2 heteroatoms. The lowest BCUT2D eigenvalue weighted by Gasteiger charge is -2.17. The number of hydrogen-bond donors (Lipinski definition) is 1. The Morgan fingerprint density at radius 1 is 1.33 bits per heavy atom. The molecule has 0 saturated heterocycles. The van der Waals surface area contributed by atoms with Crippen LogP contribution < -0.4 is 4.74 Å². The summed E-state index contributed by atoms with van der Waals surface area (Å²) in [5.41, 5.74) is -3.09. The molecule has 2 nitrogen and oxygen atoms in total. The van der Waals surface area contributed by atoms with E-state index in [4.69, 9.17) is 13.0 Å². The van der Waals surface area contributed by atoms with Gasteiger partial charge < -0.3 is 9.84 Å². The summed E-state index contributed by atoms with van der Waals surface area (Å²) in [6.07, 6.45) is 0. The minimum absolute atomic E-state index is 0.191. The first kappa shape index (κ1) is 3.79. The predicted molar refractivity (Wildman–Crippen MR) is 48.2 cm³/mol. The third kappa shape index (κ3) is 1.98. The normalized spacial score (nSPS) is 20.8. The van der Waals surface area contributed by atoms with Gasteiger partial charge >= 0.3 is 0 Å². The van der Waals surface area contributed by atoms with Gasteiger partial charge in [-0.1, -0.05) is 12.1 Å². The number of aliphatic hydroxyl groups is 1. The SMILES string of the molecule is [2H]C([2H])([2H])C(O)(c1ccc(OC)cc1)C([2H])([2H])[2H]. The maximum atomic E-state index is 10.2. The van der Waals surface area contributed by atoms with Crippen molar-refractivity contribution in [2.45, 2.75) is 19.3 Å². The molecule has 0 heterocycles. The molecule has 12 heavy (non-hydrogen) atoms. The average Bonchev–Trinajstić information content (AvgIpc) is 2.25. The Balaban J connectivity index is 3.36. The van der Waals surface area contributed by atoms with Gasteiger partial charge in [-0.3, -0.25) is 0 Å². The average molecular weight is 172 g/mol. The van der Waals surface area contributed by atoms with Gasteiger partial charge in [-0.05, 0) is 31.4 Å². The van der Waals surface area contributed by atoms with Crippen LogP contribution in [0.5, 0.6) is 5.75 Å². The third-order valence-electron chi connectivity index (χ3n) is 1.51. The third-order valence-corrected chi connectivity index (χ3v) is 1.51. The predicted octanol–water partition coefficient (Wildman–Crippen LogP) is 1.92. The van der Waals surface area contributed by atoms with E-state index in [2.05, 4.69) is 0 Å². The molecule has 1 aromatic carbocycles. The fourth-order valence-electron chi connectivity index (χ4n) is 0.832. The maximum Gasteiger partial charge on any atom is 0.118 e. The van der Waals surface area contributed by atoms with Crippen LogP contribution in [0.2, 0.25) is 0 Å². The molecule has 0 radical (unpaired) electrons. The van der Waals surface area contributed by atoms with E-state index < -0.39 is 19.3 Å². The summed E-state index contributed by atoms with van der Waals surface area (Å²) in [7, 11) is 1.43. The zero-order chi connectivity index (χ0) is 14.2. The van der Waals surface area contributed by atoms with Crippen LogP contribution in [0.15, 0.2) is 24.3 Å². The highest BCUT2D eigenvalue weighted by Crippen LogP contribution is 2.21. The summed E-state index contributed by atoms with van der Waals surface area (Å²) in [5.74, 6) is 0.442. The molecule has 0 aliphatic rings. The molecule has 66 valence electrons. The molecular formula is C10H14O2. The molecule has 0 saturated carbocycles. The molecule has 0 aliphatic carbocycles. The Hall–Kier alpha value is -1.02. The van der Waals surface area contributed by atoms with Crippen molar-refractivity contribution in [2.24, 2.45) is 0 Å². The van der Waals surface area contributed by atoms with Crippen LogP contribution in [0.25, 0.3) is 0 Å². The van der Waals surface area contributed by atoms with Crippen molar-refractivity contribution in [3.05, 3.63) is 29.8 Å². The molecule has 1 rings (SSSR count). The van der Waals surface area contributed by atoms with E-state index in [9.17, 15) is 5.11 Å². The van der Waals surface area contributed by atoms with Crippen LogP contribution in [0.1, 0.15) is 27.5 Å². The second-order valence-corrected chi connectivity index (χ2v) is 2.44. The molecule has 0 amide bonds. The van der Waals surface area contributed by atoms with Gasteiger partial charge in [0.25, 0.3) is 0 Å². The quantitative estimate of drug-likeness (QED) is 0.738. The van der Waals surface area contributed by atoms with E-state index >= 15 is 0 Å². The van der Waals surface area contributed by atoms with E-state index in [1.54, 1.807) is 0 Å². The van der Waals surface area contributed by atoms with Gasteiger partial charge in [0.1, 0.15) is 5.75 Å². The molecular weight excluding hydrogens is 152 g/mol. The highest BCUT2D eigenvalue weighted by atomic mass is 16.5. The summed E-state index contributed by atoms with van der Waals surface area (Å²) in [4.78, 5) is 0. The largest absolute Gasteiger partial charge is 0.497 e. The van der Waals surface area contributed by atoms with Gasteiger partial charge in [0, 0.05) is 8.22 Å². The molecule has 1 N–H and O–H groups in total. The molecule has 0 aromatic heterocycles.